The minimum absolute atomic E-state index is 0. The first-order valence-electron chi connectivity index (χ1n) is 6.97. The van der Waals surface area contributed by atoms with Crippen molar-refractivity contribution >= 4 is 28.4 Å². The van der Waals surface area contributed by atoms with Crippen molar-refractivity contribution in [2.45, 2.75) is 49.8 Å². The molecule has 0 saturated heterocycles. The molecule has 0 amide bonds. The molecule has 1 fully saturated rings. The third-order valence-electron chi connectivity index (χ3n) is 3.42. The van der Waals surface area contributed by atoms with Gasteiger partial charge < -0.3 is 14.9 Å². The topological polar surface area (TPSA) is 112 Å². The van der Waals surface area contributed by atoms with E-state index in [2.05, 4.69) is 4.72 Å². The van der Waals surface area contributed by atoms with E-state index >= 15 is 0 Å². The molecule has 126 valence electrons. The highest BCUT2D eigenvalue weighted by molar-refractivity contribution is 7.89. The zero-order valence-corrected chi connectivity index (χ0v) is 13.9. The smallest absolute Gasteiger partial charge is 0.374 e. The van der Waals surface area contributed by atoms with Crippen LogP contribution in [0.1, 0.15) is 43.2 Å². The third-order valence-corrected chi connectivity index (χ3v) is 4.81. The van der Waals surface area contributed by atoms with Crippen LogP contribution in [0.5, 0.6) is 0 Å². The lowest BCUT2D eigenvalue weighted by Crippen LogP contribution is -2.40. The summed E-state index contributed by atoms with van der Waals surface area (Å²) in [5, 5.41) is -0.277. The normalized spacial score (nSPS) is 21.9. The number of nitrogens with two attached hydrogens (primary N) is 1. The van der Waals surface area contributed by atoms with Crippen LogP contribution in [0.3, 0.4) is 0 Å². The van der Waals surface area contributed by atoms with E-state index in [1.807, 2.05) is 0 Å². The molecule has 0 bridgehead atoms. The van der Waals surface area contributed by atoms with Gasteiger partial charge in [-0.15, -0.1) is 12.4 Å². The van der Waals surface area contributed by atoms with Gasteiger partial charge in [-0.2, -0.15) is 0 Å². The van der Waals surface area contributed by atoms with Crippen LogP contribution in [0, 0.1) is 0 Å². The number of hydrogen-bond donors (Lipinski definition) is 2. The summed E-state index contributed by atoms with van der Waals surface area (Å²) in [5.41, 5.74) is 5.79. The number of rotatable bonds is 5. The molecule has 2 rings (SSSR count). The standard InChI is InChI=1S/C13H20N2O5S.ClH/c1-2-19-13(16)11-7-8-12(20-11)21(17,18)15-10-5-3-9(14)4-6-10;/h7-10,15H,2-6,14H2,1H3;1H. The molecule has 1 aromatic heterocycles. The van der Waals surface area contributed by atoms with Crippen LogP contribution in [0.15, 0.2) is 21.6 Å². The maximum absolute atomic E-state index is 12.2. The fourth-order valence-corrected chi connectivity index (χ4v) is 3.53. The zero-order valence-electron chi connectivity index (χ0n) is 12.3. The molecule has 1 heterocycles. The summed E-state index contributed by atoms with van der Waals surface area (Å²) < 4.78 is 36.8. The zero-order chi connectivity index (χ0) is 15.5. The molecule has 0 spiro atoms. The average molecular weight is 353 g/mol. The molecule has 7 nitrogen and oxygen atoms in total. The van der Waals surface area contributed by atoms with Crippen molar-refractivity contribution in [1.29, 1.82) is 0 Å². The van der Waals surface area contributed by atoms with Crippen LogP contribution < -0.4 is 10.5 Å². The van der Waals surface area contributed by atoms with Crippen molar-refractivity contribution in [1.82, 2.24) is 4.72 Å². The molecule has 1 aromatic rings. The summed E-state index contributed by atoms with van der Waals surface area (Å²) in [6.07, 6.45) is 2.98. The van der Waals surface area contributed by atoms with E-state index < -0.39 is 16.0 Å². The van der Waals surface area contributed by atoms with Crippen molar-refractivity contribution in [3.63, 3.8) is 0 Å². The highest BCUT2D eigenvalue weighted by Gasteiger charge is 2.27. The summed E-state index contributed by atoms with van der Waals surface area (Å²) in [5.74, 6) is -0.800. The van der Waals surface area contributed by atoms with Gasteiger partial charge in [-0.3, -0.25) is 0 Å². The highest BCUT2D eigenvalue weighted by Crippen LogP contribution is 2.21. The fraction of sp³-hybridized carbons (Fsp3) is 0.615. The van der Waals surface area contributed by atoms with E-state index in [1.54, 1.807) is 6.92 Å². The Morgan fingerprint density at radius 2 is 2.00 bits per heavy atom. The van der Waals surface area contributed by atoms with Crippen molar-refractivity contribution in [3.05, 3.63) is 17.9 Å². The number of esters is 1. The molecule has 1 aliphatic rings. The Balaban J connectivity index is 0.00000242. The minimum Gasteiger partial charge on any atom is -0.460 e. The number of carbonyl (C=O) groups excluding carboxylic acids is 1. The Hall–Kier alpha value is -1.09. The quantitative estimate of drug-likeness (QED) is 0.775. The van der Waals surface area contributed by atoms with E-state index in [0.717, 1.165) is 12.8 Å². The van der Waals surface area contributed by atoms with Gasteiger partial charge in [0.1, 0.15) is 0 Å². The second-order valence-corrected chi connectivity index (χ2v) is 6.72. The average Bonchev–Trinajstić information content (AvgIpc) is 2.92. The predicted molar refractivity (Wildman–Crippen MR) is 82.5 cm³/mol. The Morgan fingerprint density at radius 3 is 2.59 bits per heavy atom. The summed E-state index contributed by atoms with van der Waals surface area (Å²) >= 11 is 0. The Bertz CT molecular complexity index is 593. The lowest BCUT2D eigenvalue weighted by Gasteiger charge is -2.26. The van der Waals surface area contributed by atoms with E-state index in [9.17, 15) is 13.2 Å². The van der Waals surface area contributed by atoms with Gasteiger partial charge in [0.05, 0.1) is 6.61 Å². The predicted octanol–water partition coefficient (Wildman–Crippen LogP) is 1.43. The fourth-order valence-electron chi connectivity index (χ4n) is 2.29. The molecular weight excluding hydrogens is 332 g/mol. The first-order chi connectivity index (χ1) is 9.92. The van der Waals surface area contributed by atoms with Gasteiger partial charge in [-0.05, 0) is 44.7 Å². The molecule has 0 unspecified atom stereocenters. The number of carbonyl (C=O) groups is 1. The molecule has 0 aromatic carbocycles. The molecule has 0 atom stereocenters. The van der Waals surface area contributed by atoms with E-state index in [4.69, 9.17) is 14.9 Å². The Kier molecular flexibility index (Phi) is 6.86. The number of sulfonamides is 1. The van der Waals surface area contributed by atoms with Gasteiger partial charge in [0, 0.05) is 12.1 Å². The first kappa shape index (κ1) is 19.0. The molecule has 0 aliphatic heterocycles. The minimum atomic E-state index is -3.77. The summed E-state index contributed by atoms with van der Waals surface area (Å²) in [7, 11) is -3.77. The van der Waals surface area contributed by atoms with Crippen molar-refractivity contribution in [3.8, 4) is 0 Å². The molecular formula is C13H21ClN2O5S. The van der Waals surface area contributed by atoms with Gasteiger partial charge >= 0.3 is 5.97 Å². The molecule has 3 N–H and O–H groups in total. The van der Waals surface area contributed by atoms with Crippen molar-refractivity contribution in [2.24, 2.45) is 5.73 Å². The third kappa shape index (κ3) is 4.70. The maximum atomic E-state index is 12.2. The number of nitrogens with one attached hydrogen (secondary N) is 1. The van der Waals surface area contributed by atoms with Crippen LogP contribution in [0.4, 0.5) is 0 Å². The number of ether oxygens (including phenoxy) is 1. The lowest BCUT2D eigenvalue weighted by atomic mass is 9.93. The summed E-state index contributed by atoms with van der Waals surface area (Å²) in [6, 6.07) is 2.54. The monoisotopic (exact) mass is 352 g/mol. The van der Waals surface area contributed by atoms with E-state index in [1.165, 1.54) is 12.1 Å². The van der Waals surface area contributed by atoms with Gasteiger partial charge in [0.2, 0.25) is 10.9 Å². The number of furan rings is 1. The lowest BCUT2D eigenvalue weighted by molar-refractivity contribution is 0.0484. The van der Waals surface area contributed by atoms with Crippen LogP contribution in [0.2, 0.25) is 0 Å². The highest BCUT2D eigenvalue weighted by atomic mass is 35.5. The molecule has 1 saturated carbocycles. The van der Waals surface area contributed by atoms with E-state index in [0.29, 0.717) is 12.8 Å². The second-order valence-electron chi connectivity index (χ2n) is 5.07. The van der Waals surface area contributed by atoms with E-state index in [-0.39, 0.29) is 42.0 Å². The second kappa shape index (κ2) is 7.96. The van der Waals surface area contributed by atoms with Gasteiger partial charge in [0.25, 0.3) is 10.0 Å². The Labute approximate surface area is 136 Å². The first-order valence-corrected chi connectivity index (χ1v) is 8.45. The summed E-state index contributed by atoms with van der Waals surface area (Å²) in [4.78, 5) is 11.5. The van der Waals surface area contributed by atoms with Crippen molar-refractivity contribution < 1.29 is 22.4 Å². The Morgan fingerprint density at radius 1 is 1.36 bits per heavy atom. The largest absolute Gasteiger partial charge is 0.460 e. The maximum Gasteiger partial charge on any atom is 0.374 e. The number of halogens is 1. The summed E-state index contributed by atoms with van der Waals surface area (Å²) in [6.45, 7) is 1.86. The van der Waals surface area contributed by atoms with Crippen LogP contribution in [-0.4, -0.2) is 33.1 Å². The SMILES string of the molecule is CCOC(=O)c1ccc(S(=O)(=O)NC2CCC(N)CC2)o1.Cl. The van der Waals surface area contributed by atoms with Gasteiger partial charge in [-0.25, -0.2) is 17.9 Å². The molecule has 1 aliphatic carbocycles. The van der Waals surface area contributed by atoms with Crippen LogP contribution in [0.25, 0.3) is 0 Å². The van der Waals surface area contributed by atoms with Crippen molar-refractivity contribution in [2.75, 3.05) is 6.61 Å². The molecule has 9 heteroatoms. The van der Waals surface area contributed by atoms with Gasteiger partial charge in [0.15, 0.2) is 0 Å². The van der Waals surface area contributed by atoms with Gasteiger partial charge in [-0.1, -0.05) is 0 Å². The van der Waals surface area contributed by atoms with Crippen LogP contribution in [-0.2, 0) is 14.8 Å². The van der Waals surface area contributed by atoms with Crippen LogP contribution >= 0.6 is 12.4 Å². The number of hydrogen-bond acceptors (Lipinski definition) is 6. The molecule has 0 radical (unpaired) electrons. The molecule has 22 heavy (non-hydrogen) atoms.